The van der Waals surface area contributed by atoms with Crippen LogP contribution < -0.4 is 5.69 Å². The van der Waals surface area contributed by atoms with Crippen LogP contribution in [0.25, 0.3) is 17.1 Å². The van der Waals surface area contributed by atoms with Crippen molar-refractivity contribution in [1.29, 1.82) is 0 Å². The smallest absolute Gasteiger partial charge is 0.382 e. The number of para-hydroxylation sites is 1. The molecule has 3 heterocycles. The summed E-state index contributed by atoms with van der Waals surface area (Å²) >= 11 is 12.2. The first kappa shape index (κ1) is 31.5. The minimum atomic E-state index is -5.02. The van der Waals surface area contributed by atoms with E-state index in [1.165, 1.54) is 42.5 Å². The van der Waals surface area contributed by atoms with Crippen LogP contribution in [0.5, 0.6) is 0 Å². The average Bonchev–Trinajstić information content (AvgIpc) is 3.69. The number of benzene rings is 2. The molecule has 1 aliphatic rings. The van der Waals surface area contributed by atoms with E-state index in [4.69, 9.17) is 23.2 Å². The number of alkyl halides is 6. The Morgan fingerprint density at radius 1 is 1.05 bits per heavy atom. The molecule has 44 heavy (non-hydrogen) atoms. The molecule has 1 amide bonds. The maximum atomic E-state index is 13.6. The molecule has 0 spiro atoms. The highest BCUT2D eigenvalue weighted by molar-refractivity contribution is 6.33. The van der Waals surface area contributed by atoms with Crippen molar-refractivity contribution in [2.24, 2.45) is 0 Å². The first-order chi connectivity index (χ1) is 20.6. The van der Waals surface area contributed by atoms with Crippen LogP contribution in [-0.4, -0.2) is 76.1 Å². The van der Waals surface area contributed by atoms with E-state index in [1.807, 2.05) is 0 Å². The molecule has 18 heteroatoms. The number of hydrogen-bond acceptors (Lipinski definition) is 6. The fourth-order valence-corrected chi connectivity index (χ4v) is 5.22. The second kappa shape index (κ2) is 11.9. The Hall–Kier alpha value is -3.89. The summed E-state index contributed by atoms with van der Waals surface area (Å²) in [4.78, 5) is 31.3. The Balaban J connectivity index is 1.48. The highest BCUT2D eigenvalue weighted by atomic mass is 35.5. The lowest BCUT2D eigenvalue weighted by Gasteiger charge is -2.27. The number of aliphatic hydroxyl groups is 1. The van der Waals surface area contributed by atoms with Gasteiger partial charge in [0.1, 0.15) is 18.9 Å². The number of nitrogens with zero attached hydrogens (tertiary/aromatic N) is 7. The van der Waals surface area contributed by atoms with Crippen LogP contribution in [-0.2, 0) is 13.1 Å². The molecular formula is C26H21Cl2F6N7O3. The van der Waals surface area contributed by atoms with Crippen LogP contribution in [0.2, 0.25) is 10.0 Å². The first-order valence-electron chi connectivity index (χ1n) is 12.9. The van der Waals surface area contributed by atoms with Crippen molar-refractivity contribution >= 4 is 29.1 Å². The van der Waals surface area contributed by atoms with Crippen molar-refractivity contribution in [3.05, 3.63) is 80.7 Å². The van der Waals surface area contributed by atoms with Gasteiger partial charge >= 0.3 is 18.0 Å². The lowest BCUT2D eigenvalue weighted by molar-refractivity contribution is -0.207. The summed E-state index contributed by atoms with van der Waals surface area (Å²) in [6.45, 7) is -1.72. The number of aromatic nitrogens is 6. The molecule has 1 N–H and O–H groups in total. The van der Waals surface area contributed by atoms with Gasteiger partial charge in [0.2, 0.25) is 0 Å². The van der Waals surface area contributed by atoms with Gasteiger partial charge < -0.3 is 10.0 Å². The lowest BCUT2D eigenvalue weighted by atomic mass is 10.1. The predicted molar refractivity (Wildman–Crippen MR) is 145 cm³/mol. The van der Waals surface area contributed by atoms with Crippen molar-refractivity contribution in [3.63, 3.8) is 0 Å². The average molecular weight is 664 g/mol. The minimum Gasteiger partial charge on any atom is -0.382 e. The van der Waals surface area contributed by atoms with Crippen molar-refractivity contribution in [3.8, 4) is 17.1 Å². The number of carbonyl (C=O) groups is 1. The molecule has 5 rings (SSSR count). The van der Waals surface area contributed by atoms with Crippen molar-refractivity contribution in [2.45, 2.75) is 50.4 Å². The van der Waals surface area contributed by atoms with E-state index in [1.54, 1.807) is 0 Å². The molecule has 2 aromatic heterocycles. The molecule has 0 aliphatic carbocycles. The Kier molecular flexibility index (Phi) is 8.52. The number of hydrogen-bond donors (Lipinski definition) is 1. The number of aliphatic hydroxyl groups excluding tert-OH is 1. The third kappa shape index (κ3) is 6.32. The van der Waals surface area contributed by atoms with Gasteiger partial charge in [0.15, 0.2) is 17.8 Å². The second-order valence-electron chi connectivity index (χ2n) is 9.88. The fraction of sp³-hybridized carbons (Fsp3) is 0.346. The molecule has 234 valence electrons. The molecule has 1 unspecified atom stereocenters. The number of carbonyl (C=O) groups excluding carboxylic acids is 1. The highest BCUT2D eigenvalue weighted by Crippen LogP contribution is 2.35. The van der Waals surface area contributed by atoms with Crippen LogP contribution in [0.3, 0.4) is 0 Å². The molecule has 2 aromatic carbocycles. The summed E-state index contributed by atoms with van der Waals surface area (Å²) in [5, 5.41) is 18.3. The van der Waals surface area contributed by atoms with E-state index in [9.17, 15) is 41.0 Å². The van der Waals surface area contributed by atoms with Crippen LogP contribution in [0.1, 0.15) is 29.0 Å². The van der Waals surface area contributed by atoms with E-state index in [-0.39, 0.29) is 52.9 Å². The normalized spacial score (nSPS) is 16.5. The molecule has 0 radical (unpaired) electrons. The van der Waals surface area contributed by atoms with E-state index < -0.39 is 49.2 Å². The summed E-state index contributed by atoms with van der Waals surface area (Å²) in [7, 11) is 0. The molecule has 0 bridgehead atoms. The topological polar surface area (TPSA) is 111 Å². The van der Waals surface area contributed by atoms with E-state index in [0.717, 1.165) is 20.6 Å². The zero-order chi connectivity index (χ0) is 32.0. The van der Waals surface area contributed by atoms with Gasteiger partial charge in [-0.25, -0.2) is 19.1 Å². The summed E-state index contributed by atoms with van der Waals surface area (Å²) in [5.74, 6) is -1.20. The molecule has 2 atom stereocenters. The maximum absolute atomic E-state index is 13.6. The van der Waals surface area contributed by atoms with Gasteiger partial charge in [0, 0.05) is 17.1 Å². The summed E-state index contributed by atoms with van der Waals surface area (Å²) < 4.78 is 82.6. The quantitative estimate of drug-likeness (QED) is 0.286. The van der Waals surface area contributed by atoms with E-state index in [2.05, 4.69) is 15.2 Å². The maximum Gasteiger partial charge on any atom is 0.416 e. The number of halogens is 8. The highest BCUT2D eigenvalue weighted by Gasteiger charge is 2.48. The minimum absolute atomic E-state index is 0.0253. The fourth-order valence-electron chi connectivity index (χ4n) is 4.83. The van der Waals surface area contributed by atoms with Crippen LogP contribution in [0, 0.1) is 0 Å². The lowest BCUT2D eigenvalue weighted by Crippen LogP contribution is -2.44. The van der Waals surface area contributed by atoms with Gasteiger partial charge in [0.05, 0.1) is 22.8 Å². The van der Waals surface area contributed by atoms with Crippen molar-refractivity contribution < 1.29 is 36.2 Å². The third-order valence-corrected chi connectivity index (χ3v) is 7.48. The van der Waals surface area contributed by atoms with Gasteiger partial charge in [0.25, 0.3) is 5.91 Å². The van der Waals surface area contributed by atoms with Crippen LogP contribution >= 0.6 is 23.2 Å². The van der Waals surface area contributed by atoms with Gasteiger partial charge in [-0.2, -0.15) is 26.3 Å². The largest absolute Gasteiger partial charge is 0.416 e. The molecule has 0 saturated carbocycles. The van der Waals surface area contributed by atoms with Gasteiger partial charge in [-0.05, 0) is 49.2 Å². The Morgan fingerprint density at radius 3 is 2.41 bits per heavy atom. The number of likely N-dealkylation sites (tertiary alicyclic amines) is 1. The third-order valence-electron chi connectivity index (χ3n) is 6.93. The van der Waals surface area contributed by atoms with E-state index in [0.29, 0.717) is 9.59 Å². The number of amides is 1. The molecule has 1 saturated heterocycles. The zero-order valence-corrected chi connectivity index (χ0v) is 23.7. The van der Waals surface area contributed by atoms with Crippen molar-refractivity contribution in [2.75, 3.05) is 6.54 Å². The monoisotopic (exact) mass is 663 g/mol. The molecule has 1 aliphatic heterocycles. The molecule has 1 fully saturated rings. The molecule has 4 aromatic rings. The SMILES string of the molecule is O=C(c1cccc(Cl)c1-n1cnc(Cn2nc(-c3ccc(Cl)cc3)n(CC(O)C(F)(F)F)c2=O)n1)N1CCC[C@@H]1C(F)(F)F. The zero-order valence-electron chi connectivity index (χ0n) is 22.2. The van der Waals surface area contributed by atoms with Gasteiger partial charge in [-0.15, -0.1) is 10.2 Å². The predicted octanol–water partition coefficient (Wildman–Crippen LogP) is 4.74. The Bertz CT molecular complexity index is 1730. The Morgan fingerprint density at radius 2 is 1.75 bits per heavy atom. The van der Waals surface area contributed by atoms with E-state index >= 15 is 0 Å². The van der Waals surface area contributed by atoms with Gasteiger partial charge in [-0.1, -0.05) is 29.3 Å². The summed E-state index contributed by atoms with van der Waals surface area (Å²) in [6, 6.07) is 7.88. The van der Waals surface area contributed by atoms with Gasteiger partial charge in [-0.3, -0.25) is 9.36 Å². The molecule has 10 nitrogen and oxygen atoms in total. The standard InChI is InChI=1S/C26H21Cl2F6N7O3/c27-15-8-6-14(7-9-15)22-37-40(24(44)39(22)11-19(42)26(32,33)34)12-20-35-13-41(36-20)21-16(3-1-4-17(21)28)23(43)38-10-2-5-18(38)25(29,30)31/h1,3-4,6-9,13,18-19,42H,2,5,10-12H2/t18-,19?/m1/s1. The molecular weight excluding hydrogens is 643 g/mol. The number of rotatable bonds is 7. The second-order valence-corrected chi connectivity index (χ2v) is 10.7. The van der Waals surface area contributed by atoms with Crippen LogP contribution in [0.4, 0.5) is 26.3 Å². The first-order valence-corrected chi connectivity index (χ1v) is 13.7. The van der Waals surface area contributed by atoms with Crippen molar-refractivity contribution in [1.82, 2.24) is 34.0 Å². The van der Waals surface area contributed by atoms with Crippen LogP contribution in [0.15, 0.2) is 53.6 Å². The summed E-state index contributed by atoms with van der Waals surface area (Å²) in [5.41, 5.74) is -1.01. The Labute approximate surface area is 254 Å². The summed E-state index contributed by atoms with van der Waals surface area (Å²) in [6.07, 6.45) is -11.5.